The van der Waals surface area contributed by atoms with Crippen molar-refractivity contribution in [1.29, 1.82) is 0 Å². The van der Waals surface area contributed by atoms with Crippen LogP contribution in [0.3, 0.4) is 0 Å². The molecule has 5 rings (SSSR count). The number of amides is 1. The zero-order chi connectivity index (χ0) is 38.9. The molecule has 11 nitrogen and oxygen atoms in total. The Kier molecular flexibility index (Phi) is 12.6. The summed E-state index contributed by atoms with van der Waals surface area (Å²) in [4.78, 5) is 14.0. The van der Waals surface area contributed by atoms with Crippen LogP contribution in [0.1, 0.15) is 10.4 Å². The summed E-state index contributed by atoms with van der Waals surface area (Å²) < 4.78 is 121. The van der Waals surface area contributed by atoms with Gasteiger partial charge in [0.25, 0.3) is 20.0 Å². The number of nitrogens with zero attached hydrogens (tertiary/aromatic N) is 1. The second kappa shape index (κ2) is 16.2. The van der Waals surface area contributed by atoms with E-state index in [4.69, 9.17) is 23.2 Å². The fourth-order valence-electron chi connectivity index (χ4n) is 4.71. The number of carbonyl (C=O) groups is 1. The smallest absolute Gasteiger partial charge is 0.325 e. The van der Waals surface area contributed by atoms with E-state index in [2.05, 4.69) is 26.0 Å². The molecule has 0 aliphatic heterocycles. The maximum atomic E-state index is 14.1. The minimum atomic E-state index is -5.65. The molecule has 3 aromatic heterocycles. The molecule has 0 fully saturated rings. The van der Waals surface area contributed by atoms with Crippen LogP contribution in [-0.4, -0.2) is 49.8 Å². The van der Waals surface area contributed by atoms with Crippen LogP contribution in [0.2, 0.25) is 9.36 Å². The van der Waals surface area contributed by atoms with Gasteiger partial charge in [-0.25, -0.2) is 30.0 Å². The Balaban J connectivity index is 1.37. The van der Waals surface area contributed by atoms with Gasteiger partial charge in [0.15, 0.2) is 0 Å². The minimum Gasteiger partial charge on any atom is -0.325 e. The van der Waals surface area contributed by atoms with Crippen LogP contribution in [0, 0.1) is 6.92 Å². The molecule has 53 heavy (non-hydrogen) atoms. The third-order valence-corrected chi connectivity index (χ3v) is 17.0. The van der Waals surface area contributed by atoms with Crippen molar-refractivity contribution in [3.05, 3.63) is 95.7 Å². The fraction of sp³-hybridized carbons (Fsp3) is 0.167. The van der Waals surface area contributed by atoms with Gasteiger partial charge >= 0.3 is 15.5 Å². The molecule has 0 saturated heterocycles. The van der Waals surface area contributed by atoms with Crippen LogP contribution in [0.4, 0.5) is 30.2 Å². The maximum Gasteiger partial charge on any atom is 0.511 e. The first-order valence-corrected chi connectivity index (χ1v) is 23.1. The topological polar surface area (TPSA) is 159 Å². The molecule has 1 amide bonds. The fourth-order valence-corrected chi connectivity index (χ4v) is 12.4. The summed E-state index contributed by atoms with van der Waals surface area (Å²) in [5.74, 6) is -0.790. The molecule has 3 heterocycles. The van der Waals surface area contributed by atoms with E-state index < -0.39 is 54.6 Å². The third-order valence-electron chi connectivity index (χ3n) is 7.24. The van der Waals surface area contributed by atoms with Crippen molar-refractivity contribution < 1.29 is 43.2 Å². The number of rotatable bonds is 14. The molecule has 3 N–H and O–H groups in total. The first kappa shape index (κ1) is 41.4. The number of anilines is 3. The number of hydrogen-bond acceptors (Lipinski definition) is 10. The summed E-state index contributed by atoms with van der Waals surface area (Å²) in [7, 11) is -14.1. The summed E-state index contributed by atoms with van der Waals surface area (Å²) >= 11 is 18.5. The Labute approximate surface area is 333 Å². The zero-order valence-electron chi connectivity index (χ0n) is 26.6. The Hall–Kier alpha value is -2.73. The van der Waals surface area contributed by atoms with Gasteiger partial charge in [0.1, 0.15) is 15.1 Å². The number of carbonyl (C=O) groups excluding carboxylic acids is 1. The van der Waals surface area contributed by atoms with E-state index in [9.17, 15) is 43.2 Å². The lowest BCUT2D eigenvalue weighted by molar-refractivity contribution is -0.114. The van der Waals surface area contributed by atoms with Gasteiger partial charge in [-0.3, -0.25) is 13.8 Å². The van der Waals surface area contributed by atoms with E-state index in [1.165, 1.54) is 70.8 Å². The standard InChI is InChI=1S/C30H24BrCl2F3N4O7S6/c1-17-21(32)3-2-4-25(17)52(44,45)40(23-11-14-48-24(23)9-12-37-53(46,47)30(34,35)36)16-26(41)38-19-7-5-18(6-8-19)28-22(10-13-49-28)39-51(42,43)27-15-20(31)29(33)50-27/h2-8,10-11,13-15,37,39H,9,12,16H2,1H3,(H,38,41). The molecule has 0 aliphatic carbocycles. The SMILES string of the molecule is Cc1c(Cl)cccc1S(=O)(=O)N(CC(=O)Nc1ccc(-c2sccc2NS(=O)(=O)c2cc(Br)c(Cl)s2)cc1)c1ccsc1CCNS(=O)(=O)C(F)(F)F. The van der Waals surface area contributed by atoms with Gasteiger partial charge in [0.2, 0.25) is 5.91 Å². The quantitative estimate of drug-likeness (QED) is 0.101. The monoisotopic (exact) mass is 950 g/mol. The summed E-state index contributed by atoms with van der Waals surface area (Å²) in [5, 5.41) is 5.92. The maximum absolute atomic E-state index is 14.1. The van der Waals surface area contributed by atoms with Crippen molar-refractivity contribution >= 4 is 126 Å². The molecule has 0 radical (unpaired) electrons. The number of benzene rings is 2. The number of alkyl halides is 3. The average molecular weight is 953 g/mol. The zero-order valence-corrected chi connectivity index (χ0v) is 34.6. The highest BCUT2D eigenvalue weighted by atomic mass is 79.9. The largest absolute Gasteiger partial charge is 0.511 e. The molecule has 23 heteroatoms. The lowest BCUT2D eigenvalue weighted by Crippen LogP contribution is -2.39. The van der Waals surface area contributed by atoms with Crippen LogP contribution >= 0.6 is 73.1 Å². The first-order valence-electron chi connectivity index (χ1n) is 14.6. The minimum absolute atomic E-state index is 0.00630. The van der Waals surface area contributed by atoms with Gasteiger partial charge in [-0.1, -0.05) is 41.4 Å². The van der Waals surface area contributed by atoms with Gasteiger partial charge in [-0.15, -0.1) is 34.0 Å². The van der Waals surface area contributed by atoms with Crippen LogP contribution in [0.15, 0.2) is 85.0 Å². The van der Waals surface area contributed by atoms with Gasteiger partial charge < -0.3 is 5.32 Å². The van der Waals surface area contributed by atoms with E-state index in [0.29, 0.717) is 20.6 Å². The highest BCUT2D eigenvalue weighted by Gasteiger charge is 2.45. The Morgan fingerprint density at radius 2 is 1.62 bits per heavy atom. The second-order valence-corrected chi connectivity index (χ2v) is 21.1. The van der Waals surface area contributed by atoms with E-state index >= 15 is 0 Å². The molecular weight excluding hydrogens is 929 g/mol. The van der Waals surface area contributed by atoms with Crippen molar-refractivity contribution in [1.82, 2.24) is 4.72 Å². The lowest BCUT2D eigenvalue weighted by atomic mass is 10.1. The van der Waals surface area contributed by atoms with Gasteiger partial charge in [0, 0.05) is 26.6 Å². The molecule has 0 saturated carbocycles. The molecule has 284 valence electrons. The Morgan fingerprint density at radius 1 is 0.943 bits per heavy atom. The van der Waals surface area contributed by atoms with Gasteiger partial charge in [-0.05, 0) is 93.6 Å². The highest BCUT2D eigenvalue weighted by Crippen LogP contribution is 2.39. The van der Waals surface area contributed by atoms with E-state index in [0.717, 1.165) is 27.0 Å². The number of nitrogens with one attached hydrogen (secondary N) is 3. The number of halogens is 6. The summed E-state index contributed by atoms with van der Waals surface area (Å²) in [5.41, 5.74) is -4.22. The van der Waals surface area contributed by atoms with Gasteiger partial charge in [-0.2, -0.15) is 13.2 Å². The normalized spacial score (nSPS) is 12.5. The molecule has 0 spiro atoms. The van der Waals surface area contributed by atoms with Crippen LogP contribution in [0.25, 0.3) is 10.4 Å². The highest BCUT2D eigenvalue weighted by molar-refractivity contribution is 9.10. The van der Waals surface area contributed by atoms with Gasteiger partial charge in [0.05, 0.1) is 21.1 Å². The summed E-state index contributed by atoms with van der Waals surface area (Å²) in [6, 6.07) is 14.8. The molecule has 0 unspecified atom stereocenters. The molecule has 2 aromatic carbocycles. The van der Waals surface area contributed by atoms with Crippen LogP contribution in [-0.2, 0) is 41.3 Å². The average Bonchev–Trinajstić information content (AvgIpc) is 3.81. The number of thiophene rings is 3. The summed E-state index contributed by atoms with van der Waals surface area (Å²) in [6.07, 6.45) is -0.328. The van der Waals surface area contributed by atoms with Crippen molar-refractivity contribution in [3.63, 3.8) is 0 Å². The number of hydrogen-bond donors (Lipinski definition) is 3. The van der Waals surface area contributed by atoms with E-state index in [-0.39, 0.29) is 46.7 Å². The van der Waals surface area contributed by atoms with E-state index in [1.807, 2.05) is 0 Å². The first-order chi connectivity index (χ1) is 24.7. The van der Waals surface area contributed by atoms with Crippen molar-refractivity contribution in [2.45, 2.75) is 28.0 Å². The lowest BCUT2D eigenvalue weighted by Gasteiger charge is -2.25. The van der Waals surface area contributed by atoms with Crippen molar-refractivity contribution in [2.24, 2.45) is 0 Å². The Morgan fingerprint density at radius 3 is 2.26 bits per heavy atom. The second-order valence-electron chi connectivity index (χ2n) is 10.8. The molecule has 0 atom stereocenters. The Bertz CT molecular complexity index is 2470. The van der Waals surface area contributed by atoms with Crippen LogP contribution in [0.5, 0.6) is 0 Å². The predicted molar refractivity (Wildman–Crippen MR) is 208 cm³/mol. The summed E-state index contributed by atoms with van der Waals surface area (Å²) in [6.45, 7) is -0.0183. The van der Waals surface area contributed by atoms with Crippen molar-refractivity contribution in [3.8, 4) is 10.4 Å². The molecule has 0 aliphatic rings. The van der Waals surface area contributed by atoms with Crippen molar-refractivity contribution in [2.75, 3.05) is 27.4 Å². The molecule has 5 aromatic rings. The van der Waals surface area contributed by atoms with E-state index in [1.54, 1.807) is 23.6 Å². The number of sulfonamides is 3. The molecule has 0 bridgehead atoms. The predicted octanol–water partition coefficient (Wildman–Crippen LogP) is 8.53. The van der Waals surface area contributed by atoms with Crippen LogP contribution < -0.4 is 19.1 Å². The third kappa shape index (κ3) is 9.39. The molecular formula is C30H24BrCl2F3N4O7S6.